The zero-order valence-corrected chi connectivity index (χ0v) is 29.2. The van der Waals surface area contributed by atoms with Gasteiger partial charge in [0, 0.05) is 11.0 Å². The number of pyridine rings is 4. The Labute approximate surface area is 304 Å². The molecule has 0 aliphatic rings. The summed E-state index contributed by atoms with van der Waals surface area (Å²) in [7, 11) is 0. The first-order valence-corrected chi connectivity index (χ1v) is 13.1. The smallest absolute Gasteiger partial charge is 1.00 e. The maximum atomic E-state index is 4.66. The molecule has 0 spiro atoms. The molecule has 0 N–H and O–H groups in total. The summed E-state index contributed by atoms with van der Waals surface area (Å²) in [6.07, 6.45) is 0. The van der Waals surface area contributed by atoms with Gasteiger partial charge in [0.1, 0.15) is 0 Å². The van der Waals surface area contributed by atoms with Crippen molar-refractivity contribution in [3.63, 3.8) is 0 Å². The Bertz CT molecular complexity index is 1850. The molecule has 0 aliphatic carbocycles. The van der Waals surface area contributed by atoms with Crippen LogP contribution < -0.4 is 34.0 Å². The molecule has 220 valence electrons. The number of hydrogen-bond donors (Lipinski definition) is 0. The Morgan fingerprint density at radius 1 is 0.341 bits per heavy atom. The van der Waals surface area contributed by atoms with E-state index in [9.17, 15) is 0 Å². The van der Waals surface area contributed by atoms with Gasteiger partial charge in [-0.1, -0.05) is 95.7 Å². The standard InChI is InChI=1S/2C18H11N2.2BrH.2Pd/c2*1-3-7-15-13(5-1)9-11-17(19-15)18-12-10-14-6-2-4-8-16(14)20-18;;;;/h2*1-11H;2*1H;;/q2*-1;;;2*+2/p-2. The van der Waals surface area contributed by atoms with E-state index in [1.54, 1.807) is 0 Å². The monoisotopic (exact) mass is 880 g/mol. The van der Waals surface area contributed by atoms with Gasteiger partial charge in [0.25, 0.3) is 0 Å². The zero-order valence-electron chi connectivity index (χ0n) is 22.9. The van der Waals surface area contributed by atoms with E-state index in [4.69, 9.17) is 0 Å². The van der Waals surface area contributed by atoms with Gasteiger partial charge in [-0.3, -0.25) is 9.97 Å². The summed E-state index contributed by atoms with van der Waals surface area (Å²) in [6, 6.07) is 50.8. The first-order valence-electron chi connectivity index (χ1n) is 13.1. The quantitative estimate of drug-likeness (QED) is 0.198. The number of benzene rings is 4. The molecule has 0 bridgehead atoms. The number of hydrogen-bond acceptors (Lipinski definition) is 4. The van der Waals surface area contributed by atoms with Crippen molar-refractivity contribution in [3.05, 3.63) is 146 Å². The minimum absolute atomic E-state index is 0. The maximum Gasteiger partial charge on any atom is 2.00 e. The van der Waals surface area contributed by atoms with Crippen molar-refractivity contribution >= 4 is 43.6 Å². The van der Waals surface area contributed by atoms with E-state index >= 15 is 0 Å². The number of aromatic nitrogens is 4. The Morgan fingerprint density at radius 3 is 1.05 bits per heavy atom. The first-order chi connectivity index (χ1) is 19.8. The Balaban J connectivity index is 0.000000220. The molecule has 4 nitrogen and oxygen atoms in total. The molecule has 4 aromatic carbocycles. The van der Waals surface area contributed by atoms with Gasteiger partial charge in [-0.15, -0.1) is 12.1 Å². The van der Waals surface area contributed by atoms with Gasteiger partial charge in [0.05, 0.1) is 11.0 Å². The summed E-state index contributed by atoms with van der Waals surface area (Å²) in [4.78, 5) is 18.6. The SMILES string of the molecule is [Br-].[Br-].[Pd+2].[Pd+2].[c-]1cc2ccccc2nc1-c1ccc2ccccc2n1.[c-]1cc2ccccc2nc1-c1ccc2ccccc2n1. The summed E-state index contributed by atoms with van der Waals surface area (Å²) >= 11 is 0. The molecule has 0 aliphatic heterocycles. The van der Waals surface area contributed by atoms with Crippen LogP contribution in [0.15, 0.2) is 133 Å². The number of nitrogens with zero attached hydrogens (tertiary/aromatic N) is 4. The Morgan fingerprint density at radius 2 is 0.659 bits per heavy atom. The van der Waals surface area contributed by atoms with Crippen LogP contribution in [-0.2, 0) is 40.8 Å². The molecule has 0 saturated carbocycles. The molecule has 0 unspecified atom stereocenters. The molecule has 8 rings (SSSR count). The van der Waals surface area contributed by atoms with Gasteiger partial charge in [0.2, 0.25) is 0 Å². The van der Waals surface area contributed by atoms with Crippen LogP contribution in [0.1, 0.15) is 0 Å². The molecule has 0 amide bonds. The van der Waals surface area contributed by atoms with Gasteiger partial charge in [-0.05, 0) is 57.8 Å². The van der Waals surface area contributed by atoms with E-state index < -0.39 is 0 Å². The molecule has 4 heterocycles. The molecule has 8 heteroatoms. The number of fused-ring (bicyclic) bond motifs is 4. The summed E-state index contributed by atoms with van der Waals surface area (Å²) in [5.41, 5.74) is 7.18. The second kappa shape index (κ2) is 16.2. The van der Waals surface area contributed by atoms with Crippen LogP contribution >= 0.6 is 0 Å². The number of para-hydroxylation sites is 4. The molecule has 0 saturated heterocycles. The Kier molecular flexibility index (Phi) is 13.0. The third-order valence-corrected chi connectivity index (χ3v) is 6.75. The summed E-state index contributed by atoms with van der Waals surface area (Å²) in [5.74, 6) is 0. The second-order valence-electron chi connectivity index (χ2n) is 9.39. The third kappa shape index (κ3) is 7.71. The first kappa shape index (κ1) is 35.3. The van der Waals surface area contributed by atoms with Crippen molar-refractivity contribution in [2.45, 2.75) is 0 Å². The molecule has 4 aromatic heterocycles. The van der Waals surface area contributed by atoms with E-state index in [1.807, 2.05) is 109 Å². The average Bonchev–Trinajstić information content (AvgIpc) is 3.04. The minimum Gasteiger partial charge on any atom is -1.00 e. The van der Waals surface area contributed by atoms with Crippen LogP contribution in [0.5, 0.6) is 0 Å². The van der Waals surface area contributed by atoms with E-state index in [2.05, 4.69) is 56.3 Å². The average molecular weight is 883 g/mol. The van der Waals surface area contributed by atoms with Gasteiger partial charge in [-0.25, -0.2) is 0 Å². The van der Waals surface area contributed by atoms with E-state index in [-0.39, 0.29) is 74.8 Å². The molecule has 0 atom stereocenters. The van der Waals surface area contributed by atoms with E-state index in [0.29, 0.717) is 0 Å². The molecular formula is C36H22Br2N4Pd2. The Hall–Kier alpha value is -3.20. The van der Waals surface area contributed by atoms with Gasteiger partial charge < -0.3 is 43.9 Å². The van der Waals surface area contributed by atoms with Gasteiger partial charge in [-0.2, -0.15) is 24.3 Å². The van der Waals surface area contributed by atoms with Gasteiger partial charge >= 0.3 is 40.8 Å². The van der Waals surface area contributed by atoms with Crippen molar-refractivity contribution in [3.8, 4) is 22.8 Å². The number of halogens is 2. The fourth-order valence-corrected chi connectivity index (χ4v) is 4.68. The minimum atomic E-state index is 0. The van der Waals surface area contributed by atoms with Crippen LogP contribution in [-0.4, -0.2) is 19.9 Å². The fourth-order valence-electron chi connectivity index (χ4n) is 4.68. The molecule has 0 fully saturated rings. The van der Waals surface area contributed by atoms with Crippen LogP contribution in [0.25, 0.3) is 66.4 Å². The maximum absolute atomic E-state index is 4.66. The van der Waals surface area contributed by atoms with E-state index in [1.165, 1.54) is 0 Å². The van der Waals surface area contributed by atoms with Crippen LogP contribution in [0.4, 0.5) is 0 Å². The fraction of sp³-hybridized carbons (Fsp3) is 0. The predicted molar refractivity (Wildman–Crippen MR) is 163 cm³/mol. The molecular weight excluding hydrogens is 861 g/mol. The predicted octanol–water partition coefficient (Wildman–Crippen LogP) is 2.50. The zero-order chi connectivity index (χ0) is 26.7. The molecule has 0 radical (unpaired) electrons. The largest absolute Gasteiger partial charge is 2.00 e. The molecule has 8 aromatic rings. The van der Waals surface area contributed by atoms with E-state index in [0.717, 1.165) is 66.4 Å². The second-order valence-corrected chi connectivity index (χ2v) is 9.39. The van der Waals surface area contributed by atoms with Crippen molar-refractivity contribution in [2.24, 2.45) is 0 Å². The van der Waals surface area contributed by atoms with Gasteiger partial charge in [0.15, 0.2) is 0 Å². The summed E-state index contributed by atoms with van der Waals surface area (Å²) < 4.78 is 0. The van der Waals surface area contributed by atoms with Crippen molar-refractivity contribution in [1.82, 2.24) is 19.9 Å². The normalized spacial score (nSPS) is 10.0. The third-order valence-electron chi connectivity index (χ3n) is 6.75. The van der Waals surface area contributed by atoms with Crippen molar-refractivity contribution < 1.29 is 74.8 Å². The topological polar surface area (TPSA) is 51.6 Å². The van der Waals surface area contributed by atoms with Crippen molar-refractivity contribution in [2.75, 3.05) is 0 Å². The summed E-state index contributed by atoms with van der Waals surface area (Å²) in [6.45, 7) is 0. The van der Waals surface area contributed by atoms with Crippen LogP contribution in [0, 0.1) is 12.1 Å². The van der Waals surface area contributed by atoms with Crippen LogP contribution in [0.3, 0.4) is 0 Å². The number of rotatable bonds is 2. The summed E-state index contributed by atoms with van der Waals surface area (Å²) in [5, 5.41) is 4.46. The molecule has 44 heavy (non-hydrogen) atoms. The van der Waals surface area contributed by atoms with Crippen LogP contribution in [0.2, 0.25) is 0 Å². The van der Waals surface area contributed by atoms with Crippen molar-refractivity contribution in [1.29, 1.82) is 0 Å².